The number of aryl methyl sites for hydroxylation is 1. The van der Waals surface area contributed by atoms with Crippen molar-refractivity contribution in [2.24, 2.45) is 7.05 Å². The van der Waals surface area contributed by atoms with Gasteiger partial charge in [0, 0.05) is 25.2 Å². The quantitative estimate of drug-likeness (QED) is 0.430. The van der Waals surface area contributed by atoms with Crippen molar-refractivity contribution in [2.75, 3.05) is 27.2 Å². The van der Waals surface area contributed by atoms with Crippen LogP contribution in [0.3, 0.4) is 0 Å². The number of carbonyl (C=O) groups is 1. The van der Waals surface area contributed by atoms with Crippen molar-refractivity contribution in [3.05, 3.63) is 40.2 Å². The Balaban J connectivity index is 2.11. The lowest BCUT2D eigenvalue weighted by Gasteiger charge is -2.10. The second-order valence-electron chi connectivity index (χ2n) is 5.68. The largest absolute Gasteiger partial charge is 0.352 e. The topological polar surface area (TPSA) is 106 Å². The van der Waals surface area contributed by atoms with Crippen molar-refractivity contribution in [3.63, 3.8) is 0 Å². The molecule has 0 unspecified atom stereocenters. The van der Waals surface area contributed by atoms with Gasteiger partial charge >= 0.3 is 0 Å². The monoisotopic (exact) mass is 364 g/mol. The van der Waals surface area contributed by atoms with Gasteiger partial charge in [0.25, 0.3) is 11.6 Å². The minimum atomic E-state index is -0.498. The van der Waals surface area contributed by atoms with Crippen LogP contribution in [-0.4, -0.2) is 57.7 Å². The summed E-state index contributed by atoms with van der Waals surface area (Å²) in [6, 6.07) is 4.43. The van der Waals surface area contributed by atoms with E-state index in [1.165, 1.54) is 12.4 Å². The van der Waals surface area contributed by atoms with E-state index in [1.54, 1.807) is 23.7 Å². The molecule has 2 aromatic rings. The summed E-state index contributed by atoms with van der Waals surface area (Å²) >= 11 is 1.13. The number of hydrogen-bond acceptors (Lipinski definition) is 7. The Hall–Kier alpha value is -2.46. The van der Waals surface area contributed by atoms with E-state index in [9.17, 15) is 14.9 Å². The zero-order valence-electron chi connectivity index (χ0n) is 14.3. The van der Waals surface area contributed by atoms with E-state index < -0.39 is 4.92 Å². The van der Waals surface area contributed by atoms with Crippen molar-refractivity contribution in [1.82, 2.24) is 25.0 Å². The molecule has 2 rings (SSSR count). The molecule has 134 valence electrons. The highest BCUT2D eigenvalue weighted by Crippen LogP contribution is 2.34. The van der Waals surface area contributed by atoms with E-state index in [2.05, 4.69) is 15.5 Å². The second-order valence-corrected chi connectivity index (χ2v) is 6.69. The van der Waals surface area contributed by atoms with Gasteiger partial charge in [-0.1, -0.05) is 0 Å². The smallest absolute Gasteiger partial charge is 0.284 e. The molecule has 1 heterocycles. The van der Waals surface area contributed by atoms with Crippen LogP contribution in [0.15, 0.2) is 34.6 Å². The van der Waals surface area contributed by atoms with Crippen LogP contribution in [0.1, 0.15) is 16.8 Å². The zero-order valence-corrected chi connectivity index (χ0v) is 15.1. The molecule has 0 spiro atoms. The minimum Gasteiger partial charge on any atom is -0.352 e. The molecule has 0 radical (unpaired) electrons. The molecule has 0 aliphatic rings. The fourth-order valence-electron chi connectivity index (χ4n) is 2.05. The van der Waals surface area contributed by atoms with E-state index in [1.807, 2.05) is 19.0 Å². The van der Waals surface area contributed by atoms with Gasteiger partial charge in [-0.2, -0.15) is 0 Å². The van der Waals surface area contributed by atoms with Crippen molar-refractivity contribution < 1.29 is 9.72 Å². The third-order valence-corrected chi connectivity index (χ3v) is 4.47. The van der Waals surface area contributed by atoms with Gasteiger partial charge in [0.1, 0.15) is 6.33 Å². The molecular formula is C15H20N6O3S. The van der Waals surface area contributed by atoms with Crippen LogP contribution < -0.4 is 5.32 Å². The van der Waals surface area contributed by atoms with Crippen LogP contribution in [0.2, 0.25) is 0 Å². The number of rotatable bonds is 8. The molecule has 1 aromatic heterocycles. The second kappa shape index (κ2) is 8.58. The summed E-state index contributed by atoms with van der Waals surface area (Å²) < 4.78 is 1.67. The van der Waals surface area contributed by atoms with Gasteiger partial charge in [0.05, 0.1) is 9.82 Å². The Bertz CT molecular complexity index is 761. The van der Waals surface area contributed by atoms with E-state index in [4.69, 9.17) is 0 Å². The molecule has 0 saturated carbocycles. The number of nitrogens with zero attached hydrogens (tertiary/aromatic N) is 5. The molecule has 0 aliphatic heterocycles. The first kappa shape index (κ1) is 18.9. The highest BCUT2D eigenvalue weighted by molar-refractivity contribution is 7.99. The molecule has 1 amide bonds. The normalized spacial score (nSPS) is 10.9. The Morgan fingerprint density at radius 1 is 1.44 bits per heavy atom. The van der Waals surface area contributed by atoms with Crippen LogP contribution >= 0.6 is 11.8 Å². The first-order valence-electron chi connectivity index (χ1n) is 7.61. The Kier molecular flexibility index (Phi) is 6.48. The number of nitrogens with one attached hydrogen (secondary N) is 1. The van der Waals surface area contributed by atoms with Gasteiger partial charge < -0.3 is 14.8 Å². The van der Waals surface area contributed by atoms with Gasteiger partial charge in [-0.05, 0) is 51.0 Å². The summed E-state index contributed by atoms with van der Waals surface area (Å²) in [7, 11) is 5.67. The van der Waals surface area contributed by atoms with E-state index in [0.29, 0.717) is 16.6 Å². The molecule has 0 atom stereocenters. The van der Waals surface area contributed by atoms with Gasteiger partial charge in [-0.3, -0.25) is 14.9 Å². The maximum atomic E-state index is 12.2. The summed E-state index contributed by atoms with van der Waals surface area (Å²) in [4.78, 5) is 25.5. The van der Waals surface area contributed by atoms with Crippen LogP contribution in [0.5, 0.6) is 0 Å². The predicted octanol–water partition coefficient (Wildman–Crippen LogP) is 1.56. The van der Waals surface area contributed by atoms with Gasteiger partial charge in [0.2, 0.25) is 0 Å². The molecule has 0 aliphatic carbocycles. The number of amides is 1. The average molecular weight is 364 g/mol. The van der Waals surface area contributed by atoms with Crippen molar-refractivity contribution in [3.8, 4) is 0 Å². The molecular weight excluding hydrogens is 344 g/mol. The lowest BCUT2D eigenvalue weighted by atomic mass is 10.2. The Labute approximate surface area is 149 Å². The third-order valence-electron chi connectivity index (χ3n) is 3.36. The number of nitro benzene ring substituents is 1. The lowest BCUT2D eigenvalue weighted by Crippen LogP contribution is -2.27. The molecule has 1 N–H and O–H groups in total. The summed E-state index contributed by atoms with van der Waals surface area (Å²) in [5, 5.41) is 22.3. The van der Waals surface area contributed by atoms with Crippen LogP contribution in [0, 0.1) is 10.1 Å². The van der Waals surface area contributed by atoms with Crippen LogP contribution in [0.25, 0.3) is 0 Å². The first-order chi connectivity index (χ1) is 11.9. The minimum absolute atomic E-state index is 0.131. The van der Waals surface area contributed by atoms with Crippen molar-refractivity contribution in [2.45, 2.75) is 16.5 Å². The Morgan fingerprint density at radius 3 is 2.80 bits per heavy atom. The summed E-state index contributed by atoms with van der Waals surface area (Å²) in [5.74, 6) is -0.322. The summed E-state index contributed by atoms with van der Waals surface area (Å²) in [6.45, 7) is 1.37. The first-order valence-corrected chi connectivity index (χ1v) is 8.43. The van der Waals surface area contributed by atoms with E-state index in [-0.39, 0.29) is 17.2 Å². The number of nitro groups is 1. The van der Waals surface area contributed by atoms with Gasteiger partial charge in [-0.25, -0.2) is 0 Å². The fraction of sp³-hybridized carbons (Fsp3) is 0.400. The van der Waals surface area contributed by atoms with Crippen molar-refractivity contribution >= 4 is 23.4 Å². The van der Waals surface area contributed by atoms with Gasteiger partial charge in [-0.15, -0.1) is 10.2 Å². The standard InChI is InChI=1S/C15H20N6O3S/c1-19(2)8-4-7-16-14(22)11-5-6-13(12(9-11)21(23)24)25-15-18-17-10-20(15)3/h5-6,9-10H,4,7-8H2,1-3H3,(H,16,22). The van der Waals surface area contributed by atoms with E-state index >= 15 is 0 Å². The SMILES string of the molecule is CN(C)CCCNC(=O)c1ccc(Sc2nncn2C)c([N+](=O)[O-])c1. The van der Waals surface area contributed by atoms with Crippen LogP contribution in [0.4, 0.5) is 5.69 Å². The molecule has 9 nitrogen and oxygen atoms in total. The number of aromatic nitrogens is 3. The Morgan fingerprint density at radius 2 is 2.20 bits per heavy atom. The molecule has 25 heavy (non-hydrogen) atoms. The number of hydrogen-bond donors (Lipinski definition) is 1. The highest BCUT2D eigenvalue weighted by atomic mass is 32.2. The highest BCUT2D eigenvalue weighted by Gasteiger charge is 2.19. The third kappa shape index (κ3) is 5.26. The zero-order chi connectivity index (χ0) is 18.4. The van der Waals surface area contributed by atoms with Crippen LogP contribution in [-0.2, 0) is 7.05 Å². The number of carbonyl (C=O) groups excluding carboxylic acids is 1. The summed E-state index contributed by atoms with van der Waals surface area (Å²) in [5.41, 5.74) is 0.132. The fourth-order valence-corrected chi connectivity index (χ4v) is 2.90. The van der Waals surface area contributed by atoms with Gasteiger partial charge in [0.15, 0.2) is 5.16 Å². The summed E-state index contributed by atoms with van der Waals surface area (Å²) in [6.07, 6.45) is 2.32. The lowest BCUT2D eigenvalue weighted by molar-refractivity contribution is -0.387. The maximum Gasteiger partial charge on any atom is 0.284 e. The molecule has 0 saturated heterocycles. The molecule has 0 bridgehead atoms. The average Bonchev–Trinajstić information content (AvgIpc) is 2.96. The predicted molar refractivity (Wildman–Crippen MR) is 93.7 cm³/mol. The van der Waals surface area contributed by atoms with E-state index in [0.717, 1.165) is 24.7 Å². The molecule has 1 aromatic carbocycles. The van der Waals surface area contributed by atoms with Crippen molar-refractivity contribution in [1.29, 1.82) is 0 Å². The maximum absolute atomic E-state index is 12.2. The molecule has 0 fully saturated rings. The molecule has 10 heteroatoms. The number of benzene rings is 1.